The Morgan fingerprint density at radius 1 is 1.38 bits per heavy atom. The predicted octanol–water partition coefficient (Wildman–Crippen LogP) is 0.597. The molecule has 0 saturated heterocycles. The fraction of sp³-hybridized carbons (Fsp3) is 0.222. The fourth-order valence-corrected chi connectivity index (χ4v) is 0.720. The van der Waals surface area contributed by atoms with E-state index in [9.17, 15) is 14.9 Å². The van der Waals surface area contributed by atoms with Crippen molar-refractivity contribution in [3.05, 3.63) is 34.4 Å². The average molecular weight is 227 g/mol. The highest BCUT2D eigenvalue weighted by Gasteiger charge is 2.00. The van der Waals surface area contributed by atoms with Gasteiger partial charge < -0.3 is 16.6 Å². The first kappa shape index (κ1) is 13.8. The molecule has 88 valence electrons. The number of carbonyl (C=O) groups is 1. The molecule has 16 heavy (non-hydrogen) atoms. The van der Waals surface area contributed by atoms with Gasteiger partial charge in [0.25, 0.3) is 5.69 Å². The van der Waals surface area contributed by atoms with Crippen LogP contribution in [-0.2, 0) is 4.79 Å². The van der Waals surface area contributed by atoms with Crippen LogP contribution in [0.25, 0.3) is 0 Å². The predicted molar refractivity (Wildman–Crippen MR) is 58.8 cm³/mol. The van der Waals surface area contributed by atoms with E-state index in [1.807, 2.05) is 0 Å². The number of nitrogen functional groups attached to an aromatic ring is 1. The summed E-state index contributed by atoms with van der Waals surface area (Å²) in [6.07, 6.45) is 0.0694. The number of carboxylic acids is 1. The van der Waals surface area contributed by atoms with E-state index in [0.29, 0.717) is 5.69 Å². The van der Waals surface area contributed by atoms with Gasteiger partial charge in [0.15, 0.2) is 0 Å². The molecular formula is C9H13N3O4. The standard InChI is InChI=1S/C6H6N2O2.C3H7NO2/c7-5-1-3-6(4-2-5)8(9)10;4-2-1-3(5)6/h1-4H,7H2;1-2,4H2,(H,5,6). The Labute approximate surface area is 91.8 Å². The molecule has 0 unspecified atom stereocenters. The lowest BCUT2D eigenvalue weighted by Gasteiger charge is -1.90. The highest BCUT2D eigenvalue weighted by molar-refractivity contribution is 5.66. The number of hydrogen-bond acceptors (Lipinski definition) is 5. The van der Waals surface area contributed by atoms with E-state index in [1.165, 1.54) is 24.3 Å². The number of nitrogens with two attached hydrogens (primary N) is 2. The van der Waals surface area contributed by atoms with Gasteiger partial charge >= 0.3 is 5.97 Å². The van der Waals surface area contributed by atoms with Gasteiger partial charge in [-0.1, -0.05) is 0 Å². The van der Waals surface area contributed by atoms with Gasteiger partial charge in [-0.2, -0.15) is 0 Å². The zero-order chi connectivity index (χ0) is 12.6. The van der Waals surface area contributed by atoms with E-state index >= 15 is 0 Å². The van der Waals surface area contributed by atoms with Crippen molar-refractivity contribution in [3.63, 3.8) is 0 Å². The minimum absolute atomic E-state index is 0.0641. The fourth-order valence-electron chi connectivity index (χ4n) is 0.720. The molecule has 0 saturated carbocycles. The molecule has 0 atom stereocenters. The first-order valence-electron chi connectivity index (χ1n) is 4.39. The van der Waals surface area contributed by atoms with Crippen LogP contribution < -0.4 is 11.5 Å². The Kier molecular flexibility index (Phi) is 6.22. The van der Waals surface area contributed by atoms with Crippen LogP contribution >= 0.6 is 0 Å². The minimum Gasteiger partial charge on any atom is -0.481 e. The number of anilines is 1. The zero-order valence-electron chi connectivity index (χ0n) is 8.50. The number of nitrogens with zero attached hydrogens (tertiary/aromatic N) is 1. The number of nitro groups is 1. The molecule has 0 radical (unpaired) electrons. The van der Waals surface area contributed by atoms with Gasteiger partial charge in [-0.15, -0.1) is 0 Å². The molecule has 0 amide bonds. The molecular weight excluding hydrogens is 214 g/mol. The summed E-state index contributed by atoms with van der Waals surface area (Å²) in [5.41, 5.74) is 10.7. The van der Waals surface area contributed by atoms with Crippen LogP contribution in [0.15, 0.2) is 24.3 Å². The Hall–Kier alpha value is -2.15. The quantitative estimate of drug-likeness (QED) is 0.393. The topological polar surface area (TPSA) is 132 Å². The molecule has 1 aromatic rings. The molecule has 0 fully saturated rings. The van der Waals surface area contributed by atoms with E-state index in [-0.39, 0.29) is 18.7 Å². The minimum atomic E-state index is -0.836. The van der Waals surface area contributed by atoms with E-state index in [2.05, 4.69) is 0 Å². The summed E-state index contributed by atoms with van der Waals surface area (Å²) in [6, 6.07) is 5.74. The van der Waals surface area contributed by atoms with E-state index in [4.69, 9.17) is 16.6 Å². The lowest BCUT2D eigenvalue weighted by molar-refractivity contribution is -0.384. The van der Waals surface area contributed by atoms with E-state index < -0.39 is 10.9 Å². The Morgan fingerprint density at radius 3 is 2.12 bits per heavy atom. The van der Waals surface area contributed by atoms with Crippen molar-refractivity contribution >= 4 is 17.3 Å². The third kappa shape index (κ3) is 6.33. The summed E-state index contributed by atoms with van der Waals surface area (Å²) in [6.45, 7) is 0.231. The first-order valence-corrected chi connectivity index (χ1v) is 4.39. The number of carboxylic acid groups (broad SMARTS) is 1. The number of non-ortho nitro benzene ring substituents is 1. The SMILES string of the molecule is NCCC(=O)O.Nc1ccc([N+](=O)[O-])cc1. The maximum Gasteiger partial charge on any atom is 0.304 e. The van der Waals surface area contributed by atoms with Crippen molar-refractivity contribution in [1.82, 2.24) is 0 Å². The lowest BCUT2D eigenvalue weighted by atomic mass is 10.3. The highest BCUT2D eigenvalue weighted by atomic mass is 16.6. The van der Waals surface area contributed by atoms with Crippen LogP contribution in [0.2, 0.25) is 0 Å². The number of benzene rings is 1. The van der Waals surface area contributed by atoms with Crippen LogP contribution in [0, 0.1) is 10.1 Å². The second-order valence-corrected chi connectivity index (χ2v) is 2.78. The van der Waals surface area contributed by atoms with Gasteiger partial charge in [-0.25, -0.2) is 0 Å². The van der Waals surface area contributed by atoms with Crippen molar-refractivity contribution in [2.45, 2.75) is 6.42 Å². The third-order valence-corrected chi connectivity index (χ3v) is 1.46. The van der Waals surface area contributed by atoms with Gasteiger partial charge in [-0.05, 0) is 12.1 Å². The molecule has 0 aliphatic heterocycles. The van der Waals surface area contributed by atoms with Crippen molar-refractivity contribution < 1.29 is 14.8 Å². The monoisotopic (exact) mass is 227 g/mol. The van der Waals surface area contributed by atoms with Gasteiger partial charge in [0.2, 0.25) is 0 Å². The number of rotatable bonds is 3. The van der Waals surface area contributed by atoms with Crippen LogP contribution in [0.5, 0.6) is 0 Å². The molecule has 0 spiro atoms. The zero-order valence-corrected chi connectivity index (χ0v) is 8.50. The van der Waals surface area contributed by atoms with Crippen LogP contribution in [0.1, 0.15) is 6.42 Å². The number of nitro benzene ring substituents is 1. The van der Waals surface area contributed by atoms with Gasteiger partial charge in [0.05, 0.1) is 11.3 Å². The molecule has 0 heterocycles. The summed E-state index contributed by atoms with van der Waals surface area (Å²) in [4.78, 5) is 19.1. The van der Waals surface area contributed by atoms with Crippen LogP contribution in [0.4, 0.5) is 11.4 Å². The molecule has 1 rings (SSSR count). The van der Waals surface area contributed by atoms with E-state index in [0.717, 1.165) is 0 Å². The summed E-state index contributed by atoms with van der Waals surface area (Å²) in [7, 11) is 0. The van der Waals surface area contributed by atoms with Crippen molar-refractivity contribution in [2.75, 3.05) is 12.3 Å². The highest BCUT2D eigenvalue weighted by Crippen LogP contribution is 2.11. The summed E-state index contributed by atoms with van der Waals surface area (Å²) < 4.78 is 0. The molecule has 0 bridgehead atoms. The number of aliphatic carboxylic acids is 1. The molecule has 7 heteroatoms. The molecule has 7 nitrogen and oxygen atoms in total. The van der Waals surface area contributed by atoms with Crippen molar-refractivity contribution in [3.8, 4) is 0 Å². The average Bonchev–Trinajstić information content (AvgIpc) is 2.19. The molecule has 5 N–H and O–H groups in total. The second kappa shape index (κ2) is 7.18. The summed E-state index contributed by atoms with van der Waals surface area (Å²) >= 11 is 0. The van der Waals surface area contributed by atoms with Crippen LogP contribution in [-0.4, -0.2) is 22.5 Å². The summed E-state index contributed by atoms with van der Waals surface area (Å²) in [5.74, 6) is -0.836. The van der Waals surface area contributed by atoms with Crippen molar-refractivity contribution in [1.29, 1.82) is 0 Å². The largest absolute Gasteiger partial charge is 0.481 e. The van der Waals surface area contributed by atoms with Crippen LogP contribution in [0.3, 0.4) is 0 Å². The Bertz CT molecular complexity index is 350. The molecule has 1 aromatic carbocycles. The third-order valence-electron chi connectivity index (χ3n) is 1.46. The normalized spacial score (nSPS) is 8.81. The molecule has 0 aliphatic carbocycles. The number of hydrogen-bond donors (Lipinski definition) is 3. The molecule has 0 aromatic heterocycles. The second-order valence-electron chi connectivity index (χ2n) is 2.78. The van der Waals surface area contributed by atoms with Gasteiger partial charge in [0, 0.05) is 24.4 Å². The lowest BCUT2D eigenvalue weighted by Crippen LogP contribution is -2.05. The maximum absolute atomic E-state index is 10.1. The summed E-state index contributed by atoms with van der Waals surface area (Å²) in [5, 5.41) is 17.9. The Morgan fingerprint density at radius 2 is 1.88 bits per heavy atom. The smallest absolute Gasteiger partial charge is 0.304 e. The maximum atomic E-state index is 10.1. The molecule has 0 aliphatic rings. The van der Waals surface area contributed by atoms with Gasteiger partial charge in [-0.3, -0.25) is 14.9 Å². The van der Waals surface area contributed by atoms with Gasteiger partial charge in [0.1, 0.15) is 0 Å². The first-order chi connectivity index (χ1) is 7.47. The van der Waals surface area contributed by atoms with Crippen molar-refractivity contribution in [2.24, 2.45) is 5.73 Å². The van der Waals surface area contributed by atoms with E-state index in [1.54, 1.807) is 0 Å². The Balaban J connectivity index is 0.000000325.